The van der Waals surface area contributed by atoms with E-state index in [9.17, 15) is 0 Å². The van der Waals surface area contributed by atoms with Crippen LogP contribution in [0.4, 0.5) is 5.69 Å². The maximum atomic E-state index is 6.27. The first-order valence-corrected chi connectivity index (χ1v) is 13.4. The Morgan fingerprint density at radius 3 is 2.39 bits per heavy atom. The Morgan fingerprint density at radius 2 is 1.67 bits per heavy atom. The fourth-order valence-corrected chi connectivity index (χ4v) is 5.83. The van der Waals surface area contributed by atoms with E-state index in [2.05, 4.69) is 94.1 Å². The molecular weight excluding hydrogens is 482 g/mol. The first kappa shape index (κ1) is 23.1. The summed E-state index contributed by atoms with van der Waals surface area (Å²) in [7, 11) is 0. The number of thiocarbonyl (C=S) groups is 1. The van der Waals surface area contributed by atoms with Crippen molar-refractivity contribution < 1.29 is 0 Å². The van der Waals surface area contributed by atoms with Crippen molar-refractivity contribution in [3.05, 3.63) is 107 Å². The number of hydrogen-bond acceptors (Lipinski definition) is 1. The van der Waals surface area contributed by atoms with Crippen molar-refractivity contribution in [1.29, 1.82) is 0 Å². The van der Waals surface area contributed by atoms with E-state index in [1.54, 1.807) is 0 Å². The summed E-state index contributed by atoms with van der Waals surface area (Å²) < 4.78 is 4.81. The molecule has 0 atom stereocenters. The fourth-order valence-electron chi connectivity index (χ4n) is 5.39. The molecule has 6 rings (SSSR count). The van der Waals surface area contributed by atoms with Crippen LogP contribution in [-0.4, -0.2) is 14.0 Å². The molecule has 0 unspecified atom stereocenters. The van der Waals surface area contributed by atoms with Crippen LogP contribution >= 0.6 is 23.8 Å². The number of hydrogen-bond donors (Lipinski definition) is 1. The highest BCUT2D eigenvalue weighted by Gasteiger charge is 2.28. The summed E-state index contributed by atoms with van der Waals surface area (Å²) >= 11 is 12.4. The lowest BCUT2D eigenvalue weighted by Gasteiger charge is -2.13. The zero-order chi connectivity index (χ0) is 24.6. The van der Waals surface area contributed by atoms with Gasteiger partial charge in [0.05, 0.1) is 11.4 Å². The molecule has 3 heterocycles. The van der Waals surface area contributed by atoms with E-state index < -0.39 is 0 Å². The predicted octanol–water partition coefficient (Wildman–Crippen LogP) is 8.41. The molecule has 5 heteroatoms. The van der Waals surface area contributed by atoms with Crippen LogP contribution in [0, 0.1) is 0 Å². The molecule has 0 fully saturated rings. The molecular formula is C31H28ClN3S. The Labute approximate surface area is 222 Å². The summed E-state index contributed by atoms with van der Waals surface area (Å²) in [6, 6.07) is 27.4. The predicted molar refractivity (Wildman–Crippen MR) is 155 cm³/mol. The summed E-state index contributed by atoms with van der Waals surface area (Å²) in [6.07, 6.45) is 6.61. The number of rotatable bonds is 5. The highest BCUT2D eigenvalue weighted by atomic mass is 35.5. The van der Waals surface area contributed by atoms with Crippen LogP contribution in [0.25, 0.3) is 28.0 Å². The summed E-state index contributed by atoms with van der Waals surface area (Å²) in [6.45, 7) is 3.17. The second kappa shape index (κ2) is 9.61. The molecule has 5 aromatic rings. The third-order valence-corrected chi connectivity index (χ3v) is 7.72. The van der Waals surface area contributed by atoms with Crippen LogP contribution in [0.1, 0.15) is 36.6 Å². The van der Waals surface area contributed by atoms with E-state index in [1.165, 1.54) is 33.6 Å². The molecule has 36 heavy (non-hydrogen) atoms. The molecule has 3 nitrogen and oxygen atoms in total. The molecule has 0 bridgehead atoms. The normalized spacial score (nSPS) is 13.1. The molecule has 1 aliphatic rings. The summed E-state index contributed by atoms with van der Waals surface area (Å²) in [5.41, 5.74) is 10.8. The van der Waals surface area contributed by atoms with Gasteiger partial charge in [-0.25, -0.2) is 0 Å². The number of nitrogens with one attached hydrogen (secondary N) is 1. The third kappa shape index (κ3) is 4.04. The van der Waals surface area contributed by atoms with Gasteiger partial charge >= 0.3 is 0 Å². The number of aryl methyl sites for hydroxylation is 3. The van der Waals surface area contributed by atoms with Gasteiger partial charge in [-0.1, -0.05) is 85.3 Å². The van der Waals surface area contributed by atoms with Crippen molar-refractivity contribution in [2.24, 2.45) is 0 Å². The van der Waals surface area contributed by atoms with E-state index in [0.29, 0.717) is 0 Å². The lowest BCUT2D eigenvalue weighted by Crippen LogP contribution is -2.14. The third-order valence-electron chi connectivity index (χ3n) is 7.17. The van der Waals surface area contributed by atoms with Crippen molar-refractivity contribution in [3.8, 4) is 22.4 Å². The van der Waals surface area contributed by atoms with E-state index >= 15 is 0 Å². The Morgan fingerprint density at radius 1 is 0.917 bits per heavy atom. The standard InChI is InChI=1S/C31H28ClN3S/c1-2-21-11-17-25(18-12-21)33-30(36)29-28(23-13-15-24(32)16-14-23)26-10-6-7-19-34-27(20-35(29)31(26)34)22-8-4-3-5-9-22/h3-5,8-9,11-18,20H,2,6-7,10,19H2,1H3,(H,33,36). The van der Waals surface area contributed by atoms with Gasteiger partial charge in [-0.3, -0.25) is 4.40 Å². The van der Waals surface area contributed by atoms with Crippen molar-refractivity contribution in [2.45, 2.75) is 39.2 Å². The highest BCUT2D eigenvalue weighted by Crippen LogP contribution is 2.40. The molecule has 180 valence electrons. The topological polar surface area (TPSA) is 21.4 Å². The number of aromatic nitrogens is 2. The van der Waals surface area contributed by atoms with Gasteiger partial charge < -0.3 is 9.88 Å². The van der Waals surface area contributed by atoms with Crippen LogP contribution in [-0.2, 0) is 19.4 Å². The first-order chi connectivity index (χ1) is 17.6. The largest absolute Gasteiger partial charge is 0.345 e. The molecule has 0 radical (unpaired) electrons. The minimum absolute atomic E-state index is 0.725. The van der Waals surface area contributed by atoms with Gasteiger partial charge in [0.1, 0.15) is 10.6 Å². The smallest absolute Gasteiger partial charge is 0.128 e. The van der Waals surface area contributed by atoms with Crippen LogP contribution in [0.5, 0.6) is 0 Å². The van der Waals surface area contributed by atoms with E-state index in [0.717, 1.165) is 59.2 Å². The Bertz CT molecular complexity index is 1540. The average Bonchev–Trinajstić information content (AvgIpc) is 3.33. The Balaban J connectivity index is 1.57. The number of imidazole rings is 1. The zero-order valence-electron chi connectivity index (χ0n) is 20.3. The molecule has 0 saturated heterocycles. The molecule has 2 aromatic heterocycles. The van der Waals surface area contributed by atoms with Gasteiger partial charge in [-0.15, -0.1) is 0 Å². The lowest BCUT2D eigenvalue weighted by atomic mass is 9.98. The molecule has 0 aliphatic carbocycles. The average molecular weight is 510 g/mol. The maximum Gasteiger partial charge on any atom is 0.128 e. The van der Waals surface area contributed by atoms with Gasteiger partial charge in [0.2, 0.25) is 0 Å². The van der Waals surface area contributed by atoms with E-state index in [4.69, 9.17) is 23.8 Å². The molecule has 0 saturated carbocycles. The van der Waals surface area contributed by atoms with Gasteiger partial charge in [0, 0.05) is 34.6 Å². The minimum Gasteiger partial charge on any atom is -0.345 e. The van der Waals surface area contributed by atoms with Gasteiger partial charge in [0.15, 0.2) is 0 Å². The monoisotopic (exact) mass is 509 g/mol. The second-order valence-electron chi connectivity index (χ2n) is 9.40. The second-order valence-corrected chi connectivity index (χ2v) is 10.2. The van der Waals surface area contributed by atoms with Crippen LogP contribution in [0.15, 0.2) is 85.1 Å². The van der Waals surface area contributed by atoms with Gasteiger partial charge in [-0.05, 0) is 66.6 Å². The molecule has 0 spiro atoms. The number of benzene rings is 3. The van der Waals surface area contributed by atoms with Crippen LogP contribution in [0.2, 0.25) is 5.02 Å². The molecule has 1 N–H and O–H groups in total. The first-order valence-electron chi connectivity index (χ1n) is 12.6. The number of nitrogens with zero attached hydrogens (tertiary/aromatic N) is 2. The minimum atomic E-state index is 0.725. The van der Waals surface area contributed by atoms with Gasteiger partial charge in [0.25, 0.3) is 0 Å². The quantitative estimate of drug-likeness (QED) is 0.240. The maximum absolute atomic E-state index is 6.27. The van der Waals surface area contributed by atoms with Crippen molar-refractivity contribution in [1.82, 2.24) is 8.97 Å². The SMILES string of the molecule is CCc1ccc(NC(=S)c2c(-c3ccc(Cl)cc3)c3c4n(c(-c5ccccc5)cn24)CCCC3)cc1. The number of halogens is 1. The summed E-state index contributed by atoms with van der Waals surface area (Å²) in [5, 5.41) is 4.28. The molecule has 0 amide bonds. The number of anilines is 1. The van der Waals surface area contributed by atoms with E-state index in [-0.39, 0.29) is 0 Å². The van der Waals surface area contributed by atoms with Crippen molar-refractivity contribution in [2.75, 3.05) is 5.32 Å². The molecule has 1 aliphatic heterocycles. The fraction of sp³-hybridized carbons (Fsp3) is 0.194. The van der Waals surface area contributed by atoms with Crippen LogP contribution < -0.4 is 5.32 Å². The summed E-state index contributed by atoms with van der Waals surface area (Å²) in [5.74, 6) is 0. The van der Waals surface area contributed by atoms with Crippen molar-refractivity contribution in [3.63, 3.8) is 0 Å². The van der Waals surface area contributed by atoms with Crippen LogP contribution in [0.3, 0.4) is 0 Å². The zero-order valence-corrected chi connectivity index (χ0v) is 21.9. The Kier molecular flexibility index (Phi) is 6.16. The van der Waals surface area contributed by atoms with Crippen molar-refractivity contribution >= 4 is 40.1 Å². The molecule has 3 aromatic carbocycles. The van der Waals surface area contributed by atoms with Gasteiger partial charge in [-0.2, -0.15) is 0 Å². The Hall–Kier alpha value is -3.34. The highest BCUT2D eigenvalue weighted by molar-refractivity contribution is 7.81. The lowest BCUT2D eigenvalue weighted by molar-refractivity contribution is 0.647. The van der Waals surface area contributed by atoms with E-state index in [1.807, 2.05) is 12.1 Å². The summed E-state index contributed by atoms with van der Waals surface area (Å²) in [4.78, 5) is 0.725.